The van der Waals surface area contributed by atoms with E-state index in [0.717, 1.165) is 29.7 Å². The summed E-state index contributed by atoms with van der Waals surface area (Å²) >= 11 is 0. The average Bonchev–Trinajstić information content (AvgIpc) is 3.77. The van der Waals surface area contributed by atoms with Gasteiger partial charge in [-0.1, -0.05) is 30.3 Å². The van der Waals surface area contributed by atoms with E-state index in [1.54, 1.807) is 38.2 Å². The fourth-order valence-corrected chi connectivity index (χ4v) is 5.00. The van der Waals surface area contributed by atoms with Crippen molar-refractivity contribution in [2.75, 3.05) is 13.6 Å². The minimum absolute atomic E-state index is 0.127. The number of nitrogens with zero attached hydrogens (tertiary/aromatic N) is 1. The highest BCUT2D eigenvalue weighted by Gasteiger charge is 2.39. The van der Waals surface area contributed by atoms with Crippen LogP contribution in [0.25, 0.3) is 0 Å². The van der Waals surface area contributed by atoms with Gasteiger partial charge in [-0.05, 0) is 81.7 Å². The summed E-state index contributed by atoms with van der Waals surface area (Å²) in [6.07, 6.45) is 3.40. The summed E-state index contributed by atoms with van der Waals surface area (Å²) in [7, 11) is 1.63. The largest absolute Gasteiger partial charge is 0.508 e. The topological polar surface area (TPSA) is 120 Å². The van der Waals surface area contributed by atoms with Crippen molar-refractivity contribution >= 4 is 17.7 Å². The number of hydrogen-bond donors (Lipinski definition) is 4. The molecule has 0 aromatic heterocycles. The van der Waals surface area contributed by atoms with Gasteiger partial charge in [0.1, 0.15) is 29.7 Å². The first-order chi connectivity index (χ1) is 19.1. The van der Waals surface area contributed by atoms with Gasteiger partial charge in [-0.2, -0.15) is 0 Å². The van der Waals surface area contributed by atoms with Crippen LogP contribution in [0.5, 0.6) is 11.5 Å². The van der Waals surface area contributed by atoms with Gasteiger partial charge in [-0.25, -0.2) is 0 Å². The first-order valence-electron chi connectivity index (χ1n) is 14.3. The highest BCUT2D eigenvalue weighted by atomic mass is 16.5. The first-order valence-corrected chi connectivity index (χ1v) is 14.3. The van der Waals surface area contributed by atoms with Crippen LogP contribution < -0.4 is 20.7 Å². The molecule has 9 nitrogen and oxygen atoms in total. The predicted octanol–water partition coefficient (Wildman–Crippen LogP) is 2.55. The average molecular weight is 551 g/mol. The number of likely N-dealkylation sites (N-methyl/N-ethyl adjacent to an activating group) is 1. The van der Waals surface area contributed by atoms with Gasteiger partial charge in [0.05, 0.1) is 6.04 Å². The smallest absolute Gasteiger partial charge is 0.243 e. The van der Waals surface area contributed by atoms with Gasteiger partial charge in [0, 0.05) is 26.1 Å². The lowest BCUT2D eigenvalue weighted by atomic mass is 10.0. The number of hydrogen-bond acceptors (Lipinski definition) is 6. The van der Waals surface area contributed by atoms with Crippen molar-refractivity contribution in [3.8, 4) is 11.5 Å². The number of aryl methyl sites for hydroxylation is 1. The Morgan fingerprint density at radius 3 is 2.33 bits per heavy atom. The maximum atomic E-state index is 13.5. The summed E-state index contributed by atoms with van der Waals surface area (Å²) in [5, 5.41) is 19.0. The van der Waals surface area contributed by atoms with E-state index in [2.05, 4.69) is 16.0 Å². The number of ether oxygens (including phenoxy) is 1. The molecule has 40 heavy (non-hydrogen) atoms. The van der Waals surface area contributed by atoms with Crippen molar-refractivity contribution in [3.05, 3.63) is 59.7 Å². The number of para-hydroxylation sites is 1. The molecule has 1 aliphatic carbocycles. The van der Waals surface area contributed by atoms with Crippen molar-refractivity contribution in [2.24, 2.45) is 5.92 Å². The van der Waals surface area contributed by atoms with E-state index in [0.29, 0.717) is 19.4 Å². The number of nitrogens with one attached hydrogen (secondary N) is 3. The van der Waals surface area contributed by atoms with Gasteiger partial charge in [0.2, 0.25) is 17.7 Å². The summed E-state index contributed by atoms with van der Waals surface area (Å²) in [5.41, 5.74) is 1.84. The Bertz CT molecular complexity index is 1180. The van der Waals surface area contributed by atoms with Crippen LogP contribution in [0.2, 0.25) is 0 Å². The van der Waals surface area contributed by atoms with Crippen LogP contribution in [0.1, 0.15) is 51.2 Å². The number of aromatic hydroxyl groups is 1. The van der Waals surface area contributed by atoms with Crippen molar-refractivity contribution in [1.82, 2.24) is 20.9 Å². The van der Waals surface area contributed by atoms with Crippen LogP contribution in [-0.2, 0) is 27.2 Å². The zero-order chi connectivity index (χ0) is 28.8. The van der Waals surface area contributed by atoms with Crippen LogP contribution >= 0.6 is 0 Å². The third-order valence-electron chi connectivity index (χ3n) is 7.84. The van der Waals surface area contributed by atoms with Crippen LogP contribution in [0, 0.1) is 5.92 Å². The Balaban J connectivity index is 1.59. The number of phenols is 1. The van der Waals surface area contributed by atoms with E-state index in [-0.39, 0.29) is 42.0 Å². The van der Waals surface area contributed by atoms with Crippen LogP contribution in [-0.4, -0.2) is 71.6 Å². The molecule has 0 unspecified atom stereocenters. The molecule has 0 radical (unpaired) electrons. The summed E-state index contributed by atoms with van der Waals surface area (Å²) in [6.45, 7) is 6.10. The number of fused-ring (bicyclic) bond motifs is 1. The molecule has 0 spiro atoms. The molecule has 4 rings (SSSR count). The Morgan fingerprint density at radius 2 is 1.62 bits per heavy atom. The summed E-state index contributed by atoms with van der Waals surface area (Å²) in [5.74, 6) is 0.309. The molecule has 5 atom stereocenters. The van der Waals surface area contributed by atoms with Crippen LogP contribution in [0.15, 0.2) is 48.5 Å². The Morgan fingerprint density at radius 1 is 0.925 bits per heavy atom. The molecule has 1 aliphatic heterocycles. The standard InChI is InChI=1S/C31H42N4O5/c1-19-9-12-23-7-5-6-8-27(23)40-20(2)18-32-28(24-13-14-24)31(39)35(4)21(3)29(37)34-26(30(38)33-19)17-22-10-15-25(36)16-11-22/h5-8,10-11,15-16,19-21,24,26,28,32,36H,9,12-14,17-18H2,1-4H3,(H,33,38)(H,34,37)/t19-,20+,21+,26+,28-/m0/s1. The van der Waals surface area contributed by atoms with Crippen molar-refractivity contribution < 1.29 is 24.2 Å². The van der Waals surface area contributed by atoms with Gasteiger partial charge >= 0.3 is 0 Å². The summed E-state index contributed by atoms with van der Waals surface area (Å²) < 4.78 is 6.28. The maximum Gasteiger partial charge on any atom is 0.243 e. The lowest BCUT2D eigenvalue weighted by Gasteiger charge is -2.31. The number of benzene rings is 2. The lowest BCUT2D eigenvalue weighted by Crippen LogP contribution is -2.57. The number of amides is 3. The number of phenolic OH excluding ortho intramolecular Hbond substituents is 1. The van der Waals surface area contributed by atoms with Gasteiger partial charge < -0.3 is 30.7 Å². The molecule has 2 aliphatic rings. The normalized spacial score (nSPS) is 27.4. The quantitative estimate of drug-likeness (QED) is 0.466. The first kappa shape index (κ1) is 29.4. The fraction of sp³-hybridized carbons (Fsp3) is 0.516. The van der Waals surface area contributed by atoms with E-state index in [1.165, 1.54) is 4.90 Å². The zero-order valence-electron chi connectivity index (χ0n) is 23.9. The third kappa shape index (κ3) is 7.75. The molecule has 1 fully saturated rings. The van der Waals surface area contributed by atoms with E-state index in [9.17, 15) is 19.5 Å². The van der Waals surface area contributed by atoms with Crippen LogP contribution in [0.4, 0.5) is 0 Å². The molecular weight excluding hydrogens is 508 g/mol. The third-order valence-corrected chi connectivity index (χ3v) is 7.84. The monoisotopic (exact) mass is 550 g/mol. The van der Waals surface area contributed by atoms with E-state index in [4.69, 9.17) is 4.74 Å². The van der Waals surface area contributed by atoms with Crippen molar-refractivity contribution in [1.29, 1.82) is 0 Å². The molecule has 0 saturated heterocycles. The van der Waals surface area contributed by atoms with Gasteiger partial charge in [-0.15, -0.1) is 0 Å². The number of carbonyl (C=O) groups excluding carboxylic acids is 3. The molecule has 4 N–H and O–H groups in total. The van der Waals surface area contributed by atoms with Gasteiger partial charge in [0.25, 0.3) is 0 Å². The second kappa shape index (κ2) is 13.2. The SMILES string of the molecule is C[C@@H]1CN[C@@H](C2CC2)C(=O)N(C)[C@H](C)C(=O)N[C@H](Cc2ccc(O)cc2)C(=O)N[C@@H](C)CCc2ccccc2O1. The molecule has 2 aromatic carbocycles. The Kier molecular flexibility index (Phi) is 9.68. The highest BCUT2D eigenvalue weighted by Crippen LogP contribution is 2.33. The van der Waals surface area contributed by atoms with E-state index in [1.807, 2.05) is 38.1 Å². The van der Waals surface area contributed by atoms with Crippen molar-refractivity contribution in [3.63, 3.8) is 0 Å². The molecule has 216 valence electrons. The van der Waals surface area contributed by atoms with Gasteiger partial charge in [-0.3, -0.25) is 14.4 Å². The van der Waals surface area contributed by atoms with E-state index < -0.39 is 24.0 Å². The molecule has 2 aromatic rings. The predicted molar refractivity (Wildman–Crippen MR) is 153 cm³/mol. The minimum atomic E-state index is -0.849. The molecule has 1 saturated carbocycles. The van der Waals surface area contributed by atoms with Gasteiger partial charge in [0.15, 0.2) is 0 Å². The molecule has 1 heterocycles. The number of rotatable bonds is 3. The minimum Gasteiger partial charge on any atom is -0.508 e. The molecule has 3 amide bonds. The zero-order valence-corrected chi connectivity index (χ0v) is 23.9. The maximum absolute atomic E-state index is 13.5. The Hall–Kier alpha value is -3.59. The summed E-state index contributed by atoms with van der Waals surface area (Å²) in [6, 6.07) is 12.3. The second-order valence-electron chi connectivity index (χ2n) is 11.3. The molecule has 9 heteroatoms. The molecule has 0 bridgehead atoms. The lowest BCUT2D eigenvalue weighted by molar-refractivity contribution is -0.141. The highest BCUT2D eigenvalue weighted by molar-refractivity contribution is 5.93. The fourth-order valence-electron chi connectivity index (χ4n) is 5.00. The number of carbonyl (C=O) groups is 3. The molecular formula is C31H42N4O5. The Labute approximate surface area is 236 Å². The summed E-state index contributed by atoms with van der Waals surface area (Å²) in [4.78, 5) is 41.8. The van der Waals surface area contributed by atoms with Crippen molar-refractivity contribution in [2.45, 2.75) is 83.1 Å². The van der Waals surface area contributed by atoms with Crippen LogP contribution in [0.3, 0.4) is 0 Å². The van der Waals surface area contributed by atoms with E-state index >= 15 is 0 Å². The second-order valence-corrected chi connectivity index (χ2v) is 11.3.